The topological polar surface area (TPSA) is 27.7 Å². The zero-order valence-corrected chi connectivity index (χ0v) is 42.5. The SMILES string of the molecule is C1=CCc2ccccc2C1.C1=COC=CC1.C1=COc2ccccc2C1.C1=CSC=CC1.C1=CSCC1.C1=CSCCC1.C1=Cc2ccccc2C1.CC1CCC=CO1.CC1CCC=CS1. The van der Waals surface area contributed by atoms with Crippen LogP contribution in [0.2, 0.25) is 0 Å². The highest BCUT2D eigenvalue weighted by molar-refractivity contribution is 8.05. The molecular weight excluding hydrogens is 885 g/mol. The molecular formula is C59H72O3S4. The van der Waals surface area contributed by atoms with E-state index in [4.69, 9.17) is 14.2 Å². The summed E-state index contributed by atoms with van der Waals surface area (Å²) in [6.07, 6.45) is 50.6. The van der Waals surface area contributed by atoms with Crippen molar-refractivity contribution in [3.63, 3.8) is 0 Å². The van der Waals surface area contributed by atoms with Gasteiger partial charge in [0.25, 0.3) is 0 Å². The average Bonchev–Trinajstić information content (AvgIpc) is 4.17. The van der Waals surface area contributed by atoms with Crippen molar-refractivity contribution in [3.8, 4) is 5.75 Å². The third-order valence-corrected chi connectivity index (χ3v) is 13.7. The molecule has 9 aliphatic rings. The van der Waals surface area contributed by atoms with E-state index >= 15 is 0 Å². The van der Waals surface area contributed by atoms with Crippen molar-refractivity contribution in [2.45, 2.75) is 109 Å². The predicted molar refractivity (Wildman–Crippen MR) is 298 cm³/mol. The lowest BCUT2D eigenvalue weighted by Gasteiger charge is -2.12. The maximum atomic E-state index is 5.24. The van der Waals surface area contributed by atoms with Gasteiger partial charge in [-0.2, -0.15) is 0 Å². The fourth-order valence-corrected chi connectivity index (χ4v) is 9.24. The van der Waals surface area contributed by atoms with Gasteiger partial charge in [0.2, 0.25) is 0 Å². The summed E-state index contributed by atoms with van der Waals surface area (Å²) in [5.41, 5.74) is 7.09. The first-order valence-electron chi connectivity index (χ1n) is 23.6. The number of allylic oxidation sites excluding steroid dienone is 12. The molecule has 3 aromatic carbocycles. The number of fused-ring (bicyclic) bond motifs is 3. The molecule has 0 fully saturated rings. The minimum absolute atomic E-state index is 0.449. The van der Waals surface area contributed by atoms with Crippen LogP contribution in [-0.4, -0.2) is 22.9 Å². The summed E-state index contributed by atoms with van der Waals surface area (Å²) in [4.78, 5) is 0. The number of benzene rings is 3. The lowest BCUT2D eigenvalue weighted by molar-refractivity contribution is 0.141. The molecule has 0 aromatic heterocycles. The van der Waals surface area contributed by atoms with E-state index in [1.54, 1.807) is 36.8 Å². The summed E-state index contributed by atoms with van der Waals surface area (Å²) in [6.45, 7) is 4.36. The molecule has 0 bridgehead atoms. The van der Waals surface area contributed by atoms with Crippen molar-refractivity contribution in [2.75, 3.05) is 11.5 Å². The Balaban J connectivity index is 0.000000164. The Hall–Kier alpha value is -4.40. The fourth-order valence-electron chi connectivity index (χ4n) is 6.49. The van der Waals surface area contributed by atoms with Crippen LogP contribution in [0.4, 0.5) is 0 Å². The van der Waals surface area contributed by atoms with Gasteiger partial charge in [-0.15, -0.1) is 47.0 Å². The standard InChI is InChI=1S/C10H10.C9H8O.C9H8.C6H10O.C6H10S.C5H6O.C5H8S.C5H6S.C4H6S/c1-2-6-10-8-4-3-7-9(10)5-1;1-2-6-9-8(4-1)5-3-7-10-9;1-2-5-9-7-3-6-8(9)4-1;2*1-6-4-2-3-5-7-6;3*1-2-4-6-5-3-1;1-2-4-5-3-1/h1-6H,7-8H2;1-4,6-7H,5H2;1-6H,7H2;2*3,5-6H,2,4H2,1H3;2-5H,1H2;2,4H,1,3,5H2;2-5H,1H2;1,3H,2,4H2. The van der Waals surface area contributed by atoms with Gasteiger partial charge in [-0.1, -0.05) is 128 Å². The van der Waals surface area contributed by atoms with Crippen molar-refractivity contribution in [1.82, 2.24) is 0 Å². The fraction of sp³-hybridized carbons (Fsp3) is 0.322. The van der Waals surface area contributed by atoms with Crippen molar-refractivity contribution < 1.29 is 14.2 Å². The molecule has 3 aromatic rings. The molecule has 0 N–H and O–H groups in total. The molecule has 2 aliphatic carbocycles. The zero-order valence-electron chi connectivity index (χ0n) is 39.2. The summed E-state index contributed by atoms with van der Waals surface area (Å²) in [5.74, 6) is 3.63. The quantitative estimate of drug-likeness (QED) is 0.207. The Morgan fingerprint density at radius 2 is 1.09 bits per heavy atom. The van der Waals surface area contributed by atoms with Crippen LogP contribution in [0.5, 0.6) is 5.75 Å². The molecule has 3 nitrogen and oxygen atoms in total. The second-order valence-electron chi connectivity index (χ2n) is 15.7. The Bertz CT molecular complexity index is 1870. The molecule has 0 spiro atoms. The molecule has 7 heteroatoms. The van der Waals surface area contributed by atoms with E-state index in [0.29, 0.717) is 6.10 Å². The summed E-state index contributed by atoms with van der Waals surface area (Å²) in [7, 11) is 0. The first kappa shape index (κ1) is 54.2. The van der Waals surface area contributed by atoms with Gasteiger partial charge in [0.1, 0.15) is 5.75 Å². The van der Waals surface area contributed by atoms with E-state index in [0.717, 1.165) is 49.5 Å². The second-order valence-corrected chi connectivity index (χ2v) is 19.9. The number of hydrogen-bond acceptors (Lipinski definition) is 7. The van der Waals surface area contributed by atoms with Crippen molar-refractivity contribution in [3.05, 3.63) is 226 Å². The minimum Gasteiger partial charge on any atom is -0.499 e. The predicted octanol–water partition coefficient (Wildman–Crippen LogP) is 18.1. The molecule has 0 amide bonds. The molecule has 7 aliphatic heterocycles. The van der Waals surface area contributed by atoms with E-state index < -0.39 is 0 Å². The Labute approximate surface area is 416 Å². The van der Waals surface area contributed by atoms with E-state index in [1.807, 2.05) is 71.7 Å². The van der Waals surface area contributed by atoms with E-state index in [9.17, 15) is 0 Å². The molecule has 0 radical (unpaired) electrons. The van der Waals surface area contributed by atoms with Gasteiger partial charge >= 0.3 is 0 Å². The Kier molecular flexibility index (Phi) is 30.9. The highest BCUT2D eigenvalue weighted by Crippen LogP contribution is 2.23. The third kappa shape index (κ3) is 26.7. The molecule has 2 unspecified atom stereocenters. The van der Waals surface area contributed by atoms with Crippen LogP contribution < -0.4 is 4.74 Å². The highest BCUT2D eigenvalue weighted by atomic mass is 32.2. The lowest BCUT2D eigenvalue weighted by Crippen LogP contribution is -2.05. The van der Waals surface area contributed by atoms with E-state index in [2.05, 4.69) is 156 Å². The smallest absolute Gasteiger partial charge is 0.130 e. The summed E-state index contributed by atoms with van der Waals surface area (Å²) < 4.78 is 15.0. The first-order chi connectivity index (χ1) is 32.7. The summed E-state index contributed by atoms with van der Waals surface area (Å²) in [6, 6.07) is 25.2. The van der Waals surface area contributed by atoms with Crippen LogP contribution in [0.3, 0.4) is 0 Å². The van der Waals surface area contributed by atoms with Crippen LogP contribution in [0.1, 0.15) is 99.5 Å². The van der Waals surface area contributed by atoms with Crippen LogP contribution in [0, 0.1) is 0 Å². The molecule has 7 heterocycles. The number of rotatable bonds is 0. The van der Waals surface area contributed by atoms with Crippen LogP contribution >= 0.6 is 47.0 Å². The maximum Gasteiger partial charge on any atom is 0.130 e. The molecule has 0 saturated carbocycles. The average molecular weight is 957 g/mol. The molecule has 66 heavy (non-hydrogen) atoms. The van der Waals surface area contributed by atoms with Gasteiger partial charge in [0.15, 0.2) is 0 Å². The van der Waals surface area contributed by atoms with Gasteiger partial charge < -0.3 is 14.2 Å². The van der Waals surface area contributed by atoms with Crippen molar-refractivity contribution in [1.29, 1.82) is 0 Å². The van der Waals surface area contributed by atoms with Gasteiger partial charge in [-0.3, -0.25) is 0 Å². The maximum absolute atomic E-state index is 5.24. The van der Waals surface area contributed by atoms with Gasteiger partial charge in [-0.25, -0.2) is 0 Å². The van der Waals surface area contributed by atoms with Gasteiger partial charge in [0, 0.05) is 11.0 Å². The van der Waals surface area contributed by atoms with Crippen LogP contribution in [0.25, 0.3) is 6.08 Å². The normalized spacial score (nSPS) is 19.4. The summed E-state index contributed by atoms with van der Waals surface area (Å²) in [5, 5.41) is 11.6. The number of para-hydroxylation sites is 1. The number of hydrogen-bond donors (Lipinski definition) is 0. The molecule has 2 atom stereocenters. The van der Waals surface area contributed by atoms with Gasteiger partial charge in [-0.05, 0) is 181 Å². The van der Waals surface area contributed by atoms with Crippen molar-refractivity contribution in [2.24, 2.45) is 0 Å². The minimum atomic E-state index is 0.449. The largest absolute Gasteiger partial charge is 0.499 e. The number of thioether (sulfide) groups is 4. The van der Waals surface area contributed by atoms with Crippen LogP contribution in [0.15, 0.2) is 198 Å². The molecule has 12 rings (SSSR count). The van der Waals surface area contributed by atoms with Gasteiger partial charge in [0.05, 0.1) is 31.2 Å². The molecule has 350 valence electrons. The van der Waals surface area contributed by atoms with E-state index in [-0.39, 0.29) is 0 Å². The number of ether oxygens (including phenoxy) is 3. The zero-order chi connectivity index (χ0) is 46.2. The molecule has 0 saturated heterocycles. The van der Waals surface area contributed by atoms with E-state index in [1.165, 1.54) is 84.3 Å². The third-order valence-electron chi connectivity index (χ3n) is 10.2. The Morgan fingerprint density at radius 1 is 0.470 bits per heavy atom. The summed E-state index contributed by atoms with van der Waals surface area (Å²) >= 11 is 7.48. The van der Waals surface area contributed by atoms with Crippen LogP contribution in [-0.2, 0) is 35.2 Å². The highest BCUT2D eigenvalue weighted by Gasteiger charge is 2.04. The van der Waals surface area contributed by atoms with Crippen molar-refractivity contribution >= 4 is 53.1 Å². The lowest BCUT2D eigenvalue weighted by atomic mass is 9.97. The second kappa shape index (κ2) is 37.7. The first-order valence-corrected chi connectivity index (χ1v) is 27.6. The monoisotopic (exact) mass is 956 g/mol. The Morgan fingerprint density at radius 3 is 1.52 bits per heavy atom.